The summed E-state index contributed by atoms with van der Waals surface area (Å²) in [5, 5.41) is 0. The molecule has 1 heterocycles. The van der Waals surface area contributed by atoms with Crippen LogP contribution in [0.25, 0.3) is 0 Å². The number of carbonyl (C=O) groups excluding carboxylic acids is 1. The summed E-state index contributed by atoms with van der Waals surface area (Å²) in [5.74, 6) is 2.25. The highest BCUT2D eigenvalue weighted by molar-refractivity contribution is 7.98. The summed E-state index contributed by atoms with van der Waals surface area (Å²) in [6, 6.07) is 11.3. The van der Waals surface area contributed by atoms with Crippen molar-refractivity contribution in [3.05, 3.63) is 53.1 Å². The molecule has 0 spiro atoms. The molecule has 1 aliphatic heterocycles. The van der Waals surface area contributed by atoms with Gasteiger partial charge in [0.05, 0.1) is 19.8 Å². The van der Waals surface area contributed by atoms with E-state index in [0.717, 1.165) is 22.4 Å². The second-order valence-corrected chi connectivity index (χ2v) is 7.07. The first-order valence-corrected chi connectivity index (χ1v) is 9.97. The van der Waals surface area contributed by atoms with Crippen LogP contribution >= 0.6 is 11.8 Å². The molecule has 0 aromatic heterocycles. The third kappa shape index (κ3) is 3.56. The largest absolute Gasteiger partial charge is 0.493 e. The van der Waals surface area contributed by atoms with Gasteiger partial charge in [-0.25, -0.2) is 0 Å². The number of amides is 1. The van der Waals surface area contributed by atoms with Gasteiger partial charge in [0, 0.05) is 17.9 Å². The number of hydrogen-bond acceptors (Lipinski definition) is 4. The van der Waals surface area contributed by atoms with Gasteiger partial charge in [-0.1, -0.05) is 23.7 Å². The van der Waals surface area contributed by atoms with Crippen LogP contribution in [0, 0.1) is 0 Å². The van der Waals surface area contributed by atoms with Gasteiger partial charge in [0.15, 0.2) is 11.5 Å². The fourth-order valence-corrected chi connectivity index (χ4v) is 4.00. The van der Waals surface area contributed by atoms with Crippen molar-refractivity contribution in [2.45, 2.75) is 19.5 Å². The topological polar surface area (TPSA) is 38.8 Å². The Balaban J connectivity index is 1.95. The fourth-order valence-electron chi connectivity index (χ4n) is 3.31. The maximum atomic E-state index is 13.0. The smallest absolute Gasteiger partial charge is 0.255 e. The van der Waals surface area contributed by atoms with E-state index in [9.17, 15) is 4.79 Å². The van der Waals surface area contributed by atoms with Crippen LogP contribution in [0.2, 0.25) is 0 Å². The van der Waals surface area contributed by atoms with E-state index in [1.165, 1.54) is 0 Å². The number of benzene rings is 2. The minimum absolute atomic E-state index is 0.0452. The molecular formula is C20H22BNO3S. The minimum Gasteiger partial charge on any atom is -0.493 e. The van der Waals surface area contributed by atoms with Gasteiger partial charge in [0.1, 0.15) is 7.85 Å². The van der Waals surface area contributed by atoms with Crippen molar-refractivity contribution in [3.63, 3.8) is 0 Å². The Labute approximate surface area is 160 Å². The van der Waals surface area contributed by atoms with E-state index in [1.807, 2.05) is 48.4 Å². The molecule has 0 saturated carbocycles. The lowest BCUT2D eigenvalue weighted by Gasteiger charge is -2.28. The highest BCUT2D eigenvalue weighted by Gasteiger charge is 2.33. The van der Waals surface area contributed by atoms with Crippen molar-refractivity contribution >= 4 is 31.0 Å². The van der Waals surface area contributed by atoms with Gasteiger partial charge in [0.25, 0.3) is 5.91 Å². The Bertz CT molecular complexity index is 812. The molecule has 2 aromatic rings. The van der Waals surface area contributed by atoms with Gasteiger partial charge in [0.2, 0.25) is 0 Å². The number of hydrogen-bond donors (Lipinski definition) is 0. The maximum Gasteiger partial charge on any atom is 0.255 e. The van der Waals surface area contributed by atoms with Crippen molar-refractivity contribution in [1.29, 1.82) is 0 Å². The van der Waals surface area contributed by atoms with Gasteiger partial charge >= 0.3 is 0 Å². The number of fused-ring (bicyclic) bond motifs is 1. The highest BCUT2D eigenvalue weighted by atomic mass is 32.2. The maximum absolute atomic E-state index is 13.0. The molecule has 3 rings (SSSR count). The first kappa shape index (κ1) is 18.7. The lowest BCUT2D eigenvalue weighted by atomic mass is 9.93. The molecule has 1 amide bonds. The molecule has 0 aliphatic carbocycles. The molecule has 6 heteroatoms. The van der Waals surface area contributed by atoms with E-state index in [1.54, 1.807) is 24.9 Å². The standard InChI is InChI=1S/C20H22BNO3S/c1-4-25-19-10-13(5-8-18(19)24-2)17(12-26-3)22-11-14-9-15(21)6-7-16(14)20(22)23/h5-10,17H,4,11-12H2,1-3H3. The lowest BCUT2D eigenvalue weighted by Crippen LogP contribution is -2.30. The van der Waals surface area contributed by atoms with Crippen molar-refractivity contribution in [3.8, 4) is 11.5 Å². The number of methoxy groups -OCH3 is 1. The third-order valence-electron chi connectivity index (χ3n) is 4.53. The zero-order valence-electron chi connectivity index (χ0n) is 15.3. The summed E-state index contributed by atoms with van der Waals surface area (Å²) in [6.07, 6.45) is 2.05. The Kier molecular flexibility index (Phi) is 5.82. The van der Waals surface area contributed by atoms with Crippen LogP contribution in [0.15, 0.2) is 36.4 Å². The van der Waals surface area contributed by atoms with Crippen molar-refractivity contribution < 1.29 is 14.3 Å². The second-order valence-electron chi connectivity index (χ2n) is 6.16. The predicted molar refractivity (Wildman–Crippen MR) is 107 cm³/mol. The van der Waals surface area contributed by atoms with Gasteiger partial charge in [-0.2, -0.15) is 11.8 Å². The van der Waals surface area contributed by atoms with Crippen LogP contribution in [0.5, 0.6) is 11.5 Å². The fraction of sp³-hybridized carbons (Fsp3) is 0.350. The van der Waals surface area contributed by atoms with Crippen molar-refractivity contribution in [2.75, 3.05) is 25.7 Å². The number of ether oxygens (including phenoxy) is 2. The molecule has 2 radical (unpaired) electrons. The minimum atomic E-state index is -0.0452. The summed E-state index contributed by atoms with van der Waals surface area (Å²) in [7, 11) is 7.52. The number of thioether (sulfide) groups is 1. The first-order chi connectivity index (χ1) is 12.6. The van der Waals surface area contributed by atoms with Crippen LogP contribution in [0.4, 0.5) is 0 Å². The van der Waals surface area contributed by atoms with E-state index in [0.29, 0.717) is 30.1 Å². The Morgan fingerprint density at radius 2 is 2.04 bits per heavy atom. The van der Waals surface area contributed by atoms with E-state index >= 15 is 0 Å². The summed E-state index contributed by atoms with van der Waals surface area (Å²) in [5.41, 5.74) is 3.45. The summed E-state index contributed by atoms with van der Waals surface area (Å²) < 4.78 is 11.1. The zero-order valence-corrected chi connectivity index (χ0v) is 16.1. The van der Waals surface area contributed by atoms with Gasteiger partial charge in [-0.15, -0.1) is 0 Å². The quantitative estimate of drug-likeness (QED) is 0.706. The van der Waals surface area contributed by atoms with Crippen LogP contribution in [-0.4, -0.2) is 44.4 Å². The van der Waals surface area contributed by atoms with Gasteiger partial charge in [-0.3, -0.25) is 4.79 Å². The average molecular weight is 367 g/mol. The Morgan fingerprint density at radius 3 is 2.73 bits per heavy atom. The SMILES string of the molecule is [B]c1ccc2c(c1)CN(C(CSC)c1ccc(OC)c(OCC)c1)C2=O. The molecular weight excluding hydrogens is 345 g/mol. The van der Waals surface area contributed by atoms with Crippen molar-refractivity contribution in [1.82, 2.24) is 4.90 Å². The van der Waals surface area contributed by atoms with E-state index in [2.05, 4.69) is 0 Å². The summed E-state index contributed by atoms with van der Waals surface area (Å²) in [6.45, 7) is 3.07. The van der Waals surface area contributed by atoms with E-state index in [-0.39, 0.29) is 11.9 Å². The molecule has 1 unspecified atom stereocenters. The third-order valence-corrected chi connectivity index (χ3v) is 5.18. The molecule has 0 saturated heterocycles. The van der Waals surface area contributed by atoms with Gasteiger partial charge < -0.3 is 14.4 Å². The van der Waals surface area contributed by atoms with Crippen molar-refractivity contribution in [2.24, 2.45) is 0 Å². The number of carbonyl (C=O) groups is 1. The van der Waals surface area contributed by atoms with Crippen LogP contribution < -0.4 is 14.9 Å². The van der Waals surface area contributed by atoms with Crippen LogP contribution in [0.3, 0.4) is 0 Å². The van der Waals surface area contributed by atoms with E-state index in [4.69, 9.17) is 17.3 Å². The van der Waals surface area contributed by atoms with Crippen LogP contribution in [0.1, 0.15) is 34.5 Å². The predicted octanol–water partition coefficient (Wildman–Crippen LogP) is 2.95. The molecule has 26 heavy (non-hydrogen) atoms. The average Bonchev–Trinajstić information content (AvgIpc) is 2.95. The normalized spacial score (nSPS) is 14.3. The molecule has 0 fully saturated rings. The second kappa shape index (κ2) is 8.08. The molecule has 2 aromatic carbocycles. The summed E-state index contributed by atoms with van der Waals surface area (Å²) >= 11 is 1.71. The molecule has 134 valence electrons. The Morgan fingerprint density at radius 1 is 1.23 bits per heavy atom. The summed E-state index contributed by atoms with van der Waals surface area (Å²) in [4.78, 5) is 14.9. The lowest BCUT2D eigenvalue weighted by molar-refractivity contribution is 0.0719. The molecule has 0 bridgehead atoms. The zero-order chi connectivity index (χ0) is 18.7. The molecule has 1 aliphatic rings. The number of rotatable bonds is 7. The molecule has 0 N–H and O–H groups in total. The molecule has 4 nitrogen and oxygen atoms in total. The number of nitrogens with zero attached hydrogens (tertiary/aromatic N) is 1. The van der Waals surface area contributed by atoms with Gasteiger partial charge in [-0.05, 0) is 42.5 Å². The van der Waals surface area contributed by atoms with Crippen LogP contribution in [-0.2, 0) is 6.54 Å². The highest BCUT2D eigenvalue weighted by Crippen LogP contribution is 2.36. The monoisotopic (exact) mass is 367 g/mol. The Hall–Kier alpha value is -2.08. The molecule has 1 atom stereocenters. The first-order valence-electron chi connectivity index (χ1n) is 8.58. The van der Waals surface area contributed by atoms with E-state index < -0.39 is 0 Å².